The zero-order chi connectivity index (χ0) is 17.6. The number of anilines is 2. The average molecular weight is 355 g/mol. The number of benzene rings is 2. The first-order valence-corrected chi connectivity index (χ1v) is 8.88. The molecule has 0 aromatic heterocycles. The predicted octanol–water partition coefficient (Wildman–Crippen LogP) is 3.81. The van der Waals surface area contributed by atoms with Crippen LogP contribution in [0, 0.1) is 18.8 Å². The van der Waals surface area contributed by atoms with Crippen LogP contribution in [0.25, 0.3) is 0 Å². The molecule has 4 nitrogen and oxygen atoms in total. The van der Waals surface area contributed by atoms with Crippen LogP contribution in [0.3, 0.4) is 0 Å². The van der Waals surface area contributed by atoms with Gasteiger partial charge in [-0.15, -0.1) is 0 Å². The van der Waals surface area contributed by atoms with Crippen LogP contribution >= 0.6 is 11.6 Å². The number of nitrogens with zero attached hydrogens (tertiary/aromatic N) is 1. The zero-order valence-electron chi connectivity index (χ0n) is 14.0. The lowest BCUT2D eigenvalue weighted by atomic mass is 10.1. The number of carbonyl (C=O) groups is 2. The number of carbonyl (C=O) groups excluding carboxylic acids is 2. The Bertz CT molecular complexity index is 865. The highest BCUT2D eigenvalue weighted by Crippen LogP contribution is 2.43. The van der Waals surface area contributed by atoms with Gasteiger partial charge in [-0.1, -0.05) is 29.8 Å². The molecule has 1 aliphatic heterocycles. The fourth-order valence-electron chi connectivity index (χ4n) is 3.52. The first-order chi connectivity index (χ1) is 12.0. The van der Waals surface area contributed by atoms with Crippen molar-refractivity contribution in [3.8, 4) is 0 Å². The van der Waals surface area contributed by atoms with Gasteiger partial charge in [-0.2, -0.15) is 0 Å². The molecule has 1 fully saturated rings. The third kappa shape index (κ3) is 3.02. The highest BCUT2D eigenvalue weighted by atomic mass is 35.5. The molecule has 0 radical (unpaired) electrons. The second kappa shape index (κ2) is 6.19. The van der Waals surface area contributed by atoms with Crippen LogP contribution in [0.4, 0.5) is 11.4 Å². The fraction of sp³-hybridized carbons (Fsp3) is 0.300. The number of para-hydroxylation sites is 1. The van der Waals surface area contributed by atoms with E-state index in [9.17, 15) is 9.59 Å². The Labute approximate surface area is 151 Å². The normalized spacial score (nSPS) is 21.0. The Morgan fingerprint density at radius 3 is 2.76 bits per heavy atom. The monoisotopic (exact) mass is 354 g/mol. The fourth-order valence-corrected chi connectivity index (χ4v) is 3.74. The van der Waals surface area contributed by atoms with Gasteiger partial charge in [-0.3, -0.25) is 9.59 Å². The standard InChI is InChI=1S/C20H19ClN2O2/c1-12-10-14(21)6-7-17(12)22-19(24)15-11-16(15)20(25)23-9-8-13-4-2-3-5-18(13)23/h2-7,10,15-16H,8-9,11H2,1H3,(H,22,24). The van der Waals surface area contributed by atoms with Crippen molar-refractivity contribution < 1.29 is 9.59 Å². The summed E-state index contributed by atoms with van der Waals surface area (Å²) in [6, 6.07) is 13.3. The van der Waals surface area contributed by atoms with Gasteiger partial charge in [-0.05, 0) is 55.2 Å². The molecule has 2 aliphatic rings. The number of aryl methyl sites for hydroxylation is 1. The second-order valence-corrected chi connectivity index (χ2v) is 7.20. The molecule has 1 N–H and O–H groups in total. The maximum atomic E-state index is 12.8. The van der Waals surface area contributed by atoms with Gasteiger partial charge in [0.25, 0.3) is 0 Å². The van der Waals surface area contributed by atoms with Gasteiger partial charge in [0.1, 0.15) is 0 Å². The molecular weight excluding hydrogens is 336 g/mol. The van der Waals surface area contributed by atoms with Crippen LogP contribution in [0.15, 0.2) is 42.5 Å². The van der Waals surface area contributed by atoms with Gasteiger partial charge in [-0.25, -0.2) is 0 Å². The Balaban J connectivity index is 1.42. The third-order valence-electron chi connectivity index (χ3n) is 5.04. The Hall–Kier alpha value is -2.33. The van der Waals surface area contributed by atoms with Gasteiger partial charge in [0.05, 0.1) is 11.8 Å². The number of nitrogens with one attached hydrogen (secondary N) is 1. The lowest BCUT2D eigenvalue weighted by Gasteiger charge is -2.17. The van der Waals surface area contributed by atoms with Crippen molar-refractivity contribution in [1.82, 2.24) is 0 Å². The topological polar surface area (TPSA) is 49.4 Å². The lowest BCUT2D eigenvalue weighted by Crippen LogP contribution is -2.32. The molecule has 2 aromatic rings. The van der Waals surface area contributed by atoms with Crippen molar-refractivity contribution in [3.63, 3.8) is 0 Å². The maximum absolute atomic E-state index is 12.8. The highest BCUT2D eigenvalue weighted by Gasteiger charge is 2.50. The number of hydrogen-bond donors (Lipinski definition) is 1. The van der Waals surface area contributed by atoms with Gasteiger partial charge in [0.15, 0.2) is 0 Å². The number of halogens is 1. The minimum atomic E-state index is -0.240. The Kier molecular flexibility index (Phi) is 4.00. The molecule has 1 aliphatic carbocycles. The van der Waals surface area contributed by atoms with Gasteiger partial charge >= 0.3 is 0 Å². The molecule has 25 heavy (non-hydrogen) atoms. The molecule has 5 heteroatoms. The van der Waals surface area contributed by atoms with Crippen LogP contribution < -0.4 is 10.2 Å². The predicted molar refractivity (Wildman–Crippen MR) is 98.9 cm³/mol. The first-order valence-electron chi connectivity index (χ1n) is 8.51. The minimum absolute atomic E-state index is 0.0675. The number of amides is 2. The summed E-state index contributed by atoms with van der Waals surface area (Å²) >= 11 is 5.94. The Morgan fingerprint density at radius 2 is 1.96 bits per heavy atom. The average Bonchev–Trinajstić information content (AvgIpc) is 3.29. The molecule has 4 rings (SSSR count). The smallest absolute Gasteiger partial charge is 0.230 e. The van der Waals surface area contributed by atoms with E-state index in [-0.39, 0.29) is 23.7 Å². The molecule has 1 heterocycles. The minimum Gasteiger partial charge on any atom is -0.326 e. The number of rotatable bonds is 3. The van der Waals surface area contributed by atoms with Crippen molar-refractivity contribution >= 4 is 34.8 Å². The number of hydrogen-bond acceptors (Lipinski definition) is 2. The summed E-state index contributed by atoms with van der Waals surface area (Å²) in [6.45, 7) is 2.61. The molecule has 128 valence electrons. The van der Waals surface area contributed by atoms with Crippen molar-refractivity contribution in [2.24, 2.45) is 11.8 Å². The molecule has 0 spiro atoms. The maximum Gasteiger partial charge on any atom is 0.230 e. The quantitative estimate of drug-likeness (QED) is 0.911. The molecule has 2 amide bonds. The molecule has 1 saturated carbocycles. The van der Waals surface area contributed by atoms with Crippen molar-refractivity contribution in [3.05, 3.63) is 58.6 Å². The molecular formula is C20H19ClN2O2. The van der Waals surface area contributed by atoms with Gasteiger partial charge in [0, 0.05) is 22.9 Å². The van der Waals surface area contributed by atoms with Crippen LogP contribution in [0.2, 0.25) is 5.02 Å². The SMILES string of the molecule is Cc1cc(Cl)ccc1NC(=O)C1CC1C(=O)N1CCc2ccccc21. The summed E-state index contributed by atoms with van der Waals surface area (Å²) in [7, 11) is 0. The van der Waals surface area contributed by atoms with Crippen molar-refractivity contribution in [1.29, 1.82) is 0 Å². The molecule has 0 saturated heterocycles. The van der Waals surface area contributed by atoms with E-state index in [4.69, 9.17) is 11.6 Å². The summed E-state index contributed by atoms with van der Waals surface area (Å²) in [5.41, 5.74) is 3.86. The summed E-state index contributed by atoms with van der Waals surface area (Å²) < 4.78 is 0. The second-order valence-electron chi connectivity index (χ2n) is 6.77. The van der Waals surface area contributed by atoms with Gasteiger partial charge in [0.2, 0.25) is 11.8 Å². The van der Waals surface area contributed by atoms with E-state index < -0.39 is 0 Å². The van der Waals surface area contributed by atoms with Gasteiger partial charge < -0.3 is 10.2 Å². The van der Waals surface area contributed by atoms with Crippen molar-refractivity contribution in [2.75, 3.05) is 16.8 Å². The summed E-state index contributed by atoms with van der Waals surface area (Å²) in [4.78, 5) is 27.1. The third-order valence-corrected chi connectivity index (χ3v) is 5.28. The van der Waals surface area contributed by atoms with E-state index in [1.165, 1.54) is 5.56 Å². The lowest BCUT2D eigenvalue weighted by molar-refractivity contribution is -0.123. The van der Waals surface area contributed by atoms with Crippen molar-refractivity contribution in [2.45, 2.75) is 19.8 Å². The van der Waals surface area contributed by atoms with Crippen LogP contribution in [0.1, 0.15) is 17.5 Å². The molecule has 2 unspecified atom stereocenters. The van der Waals surface area contributed by atoms with E-state index in [2.05, 4.69) is 11.4 Å². The molecule has 2 atom stereocenters. The van der Waals surface area contributed by atoms with E-state index in [0.717, 1.165) is 23.4 Å². The highest BCUT2D eigenvalue weighted by molar-refractivity contribution is 6.30. The molecule has 2 aromatic carbocycles. The largest absolute Gasteiger partial charge is 0.326 e. The van der Waals surface area contributed by atoms with Crippen LogP contribution in [0.5, 0.6) is 0 Å². The summed E-state index contributed by atoms with van der Waals surface area (Å²) in [6.07, 6.45) is 1.51. The Morgan fingerprint density at radius 1 is 1.16 bits per heavy atom. The summed E-state index contributed by atoms with van der Waals surface area (Å²) in [5, 5.41) is 3.57. The van der Waals surface area contributed by atoms with E-state index >= 15 is 0 Å². The van der Waals surface area contributed by atoms with Crippen LogP contribution in [-0.2, 0) is 16.0 Å². The number of fused-ring (bicyclic) bond motifs is 1. The van der Waals surface area contributed by atoms with E-state index in [1.807, 2.05) is 36.1 Å². The van der Waals surface area contributed by atoms with Crippen LogP contribution in [-0.4, -0.2) is 18.4 Å². The first kappa shape index (κ1) is 16.2. The summed E-state index contributed by atoms with van der Waals surface area (Å²) in [5.74, 6) is -0.469. The van der Waals surface area contributed by atoms with E-state index in [0.29, 0.717) is 18.0 Å². The zero-order valence-corrected chi connectivity index (χ0v) is 14.7. The molecule has 0 bridgehead atoms. The van der Waals surface area contributed by atoms with E-state index in [1.54, 1.807) is 12.1 Å².